The van der Waals surface area contributed by atoms with E-state index in [1.54, 1.807) is 42.7 Å². The van der Waals surface area contributed by atoms with E-state index in [1.807, 2.05) is 6.07 Å². The van der Waals surface area contributed by atoms with Crippen LogP contribution in [-0.4, -0.2) is 32.5 Å². The lowest BCUT2D eigenvalue weighted by molar-refractivity contribution is -0.127. The van der Waals surface area contributed by atoms with Crippen LogP contribution in [0.25, 0.3) is 0 Å². The molecule has 1 heterocycles. The Morgan fingerprint density at radius 3 is 2.55 bits per heavy atom. The third-order valence-electron chi connectivity index (χ3n) is 5.98. The Bertz CT molecular complexity index is 1070. The monoisotopic (exact) mass is 471 g/mol. The molecule has 33 heavy (non-hydrogen) atoms. The number of nitrogens with one attached hydrogen (secondary N) is 2. The molecule has 0 bridgehead atoms. The number of benzene rings is 1. The Hall–Kier alpha value is -3.12. The molecule has 1 fully saturated rings. The van der Waals surface area contributed by atoms with Gasteiger partial charge < -0.3 is 15.1 Å². The van der Waals surface area contributed by atoms with Gasteiger partial charge in [0.25, 0.3) is 0 Å². The van der Waals surface area contributed by atoms with E-state index in [0.717, 1.165) is 18.4 Å². The van der Waals surface area contributed by atoms with Gasteiger partial charge in [0, 0.05) is 12.3 Å². The molecule has 0 aliphatic heterocycles. The average molecular weight is 472 g/mol. The SMILES string of the molecule is N#CCNC(=O)[C@H]1CCCC[C@@H]1CS(=O)(=O)c1ccc(CCC(=O)NCc2ccco2)cc1. The molecule has 1 saturated carbocycles. The Morgan fingerprint density at radius 1 is 1.09 bits per heavy atom. The number of rotatable bonds is 10. The number of hydrogen-bond acceptors (Lipinski definition) is 6. The van der Waals surface area contributed by atoms with Gasteiger partial charge in [-0.15, -0.1) is 0 Å². The first kappa shape index (κ1) is 24.5. The van der Waals surface area contributed by atoms with Crippen molar-refractivity contribution >= 4 is 21.7 Å². The van der Waals surface area contributed by atoms with Gasteiger partial charge in [-0.2, -0.15) is 5.26 Å². The van der Waals surface area contributed by atoms with Crippen molar-refractivity contribution in [1.82, 2.24) is 10.6 Å². The van der Waals surface area contributed by atoms with E-state index in [0.29, 0.717) is 31.6 Å². The van der Waals surface area contributed by atoms with Gasteiger partial charge >= 0.3 is 0 Å². The second-order valence-corrected chi connectivity index (χ2v) is 10.3. The van der Waals surface area contributed by atoms with Gasteiger partial charge in [-0.05, 0) is 55.0 Å². The molecule has 2 N–H and O–H groups in total. The Kier molecular flexibility index (Phi) is 8.66. The minimum absolute atomic E-state index is 0.0723. The van der Waals surface area contributed by atoms with Gasteiger partial charge in [0.2, 0.25) is 11.8 Å². The highest BCUT2D eigenvalue weighted by Gasteiger charge is 2.34. The molecule has 1 aromatic carbocycles. The topological polar surface area (TPSA) is 129 Å². The van der Waals surface area contributed by atoms with Crippen LogP contribution in [0.4, 0.5) is 0 Å². The molecule has 2 aromatic rings. The molecule has 0 unspecified atom stereocenters. The van der Waals surface area contributed by atoms with Crippen LogP contribution in [0.15, 0.2) is 52.0 Å². The minimum atomic E-state index is -3.56. The van der Waals surface area contributed by atoms with Crippen molar-refractivity contribution in [3.05, 3.63) is 54.0 Å². The summed E-state index contributed by atoms with van der Waals surface area (Å²) in [6, 6.07) is 12.0. The number of amides is 2. The van der Waals surface area contributed by atoms with Crippen molar-refractivity contribution in [2.24, 2.45) is 11.8 Å². The van der Waals surface area contributed by atoms with Crippen LogP contribution in [-0.2, 0) is 32.4 Å². The Balaban J connectivity index is 1.54. The maximum absolute atomic E-state index is 13.0. The lowest BCUT2D eigenvalue weighted by atomic mass is 9.80. The number of hydrogen-bond donors (Lipinski definition) is 2. The van der Waals surface area contributed by atoms with Crippen molar-refractivity contribution in [2.45, 2.75) is 50.0 Å². The second kappa shape index (κ2) is 11.7. The molecule has 2 amide bonds. The van der Waals surface area contributed by atoms with E-state index in [1.165, 1.54) is 0 Å². The highest BCUT2D eigenvalue weighted by Crippen LogP contribution is 2.32. The lowest BCUT2D eigenvalue weighted by Crippen LogP contribution is -2.39. The third kappa shape index (κ3) is 7.19. The minimum Gasteiger partial charge on any atom is -0.467 e. The van der Waals surface area contributed by atoms with Crippen LogP contribution >= 0.6 is 0 Å². The number of sulfone groups is 1. The summed E-state index contributed by atoms with van der Waals surface area (Å²) in [5.74, 6) is -0.411. The zero-order valence-electron chi connectivity index (χ0n) is 18.5. The number of carbonyl (C=O) groups is 2. The standard InChI is InChI=1S/C24H29N3O5S/c25-13-14-26-24(29)22-6-2-1-4-19(22)17-33(30,31)21-10-7-18(8-11-21)9-12-23(28)27-16-20-5-3-15-32-20/h3,5,7-8,10-11,15,19,22H,1-2,4,6,9,12,14,16-17H2,(H,26,29)(H,27,28)/t19-,22+/m1/s1. The normalized spacial score (nSPS) is 18.3. The van der Waals surface area contributed by atoms with Crippen LogP contribution in [0.3, 0.4) is 0 Å². The molecule has 0 radical (unpaired) electrons. The molecule has 8 nitrogen and oxygen atoms in total. The van der Waals surface area contributed by atoms with Gasteiger partial charge in [-0.1, -0.05) is 25.0 Å². The summed E-state index contributed by atoms with van der Waals surface area (Å²) in [5.41, 5.74) is 0.869. The summed E-state index contributed by atoms with van der Waals surface area (Å²) in [6.45, 7) is 0.261. The van der Waals surface area contributed by atoms with E-state index in [-0.39, 0.29) is 47.3 Å². The van der Waals surface area contributed by atoms with Crippen molar-refractivity contribution in [3.8, 4) is 6.07 Å². The molecule has 1 aromatic heterocycles. The second-order valence-electron chi connectivity index (χ2n) is 8.31. The van der Waals surface area contributed by atoms with Crippen LogP contribution < -0.4 is 10.6 Å². The predicted molar refractivity (Wildman–Crippen MR) is 121 cm³/mol. The van der Waals surface area contributed by atoms with E-state index in [4.69, 9.17) is 9.68 Å². The lowest BCUT2D eigenvalue weighted by Gasteiger charge is -2.30. The largest absolute Gasteiger partial charge is 0.467 e. The molecule has 2 atom stereocenters. The first-order valence-corrected chi connectivity index (χ1v) is 12.8. The Morgan fingerprint density at radius 2 is 1.85 bits per heavy atom. The highest BCUT2D eigenvalue weighted by atomic mass is 32.2. The van der Waals surface area contributed by atoms with Crippen molar-refractivity contribution in [3.63, 3.8) is 0 Å². The summed E-state index contributed by atoms with van der Waals surface area (Å²) >= 11 is 0. The number of nitriles is 1. The molecule has 1 aliphatic rings. The fourth-order valence-corrected chi connectivity index (χ4v) is 5.90. The summed E-state index contributed by atoms with van der Waals surface area (Å²) in [7, 11) is -3.56. The van der Waals surface area contributed by atoms with Crippen molar-refractivity contribution < 1.29 is 22.4 Å². The molecule has 0 spiro atoms. The fourth-order valence-electron chi connectivity index (χ4n) is 4.20. The molecule has 9 heteroatoms. The smallest absolute Gasteiger partial charge is 0.224 e. The molecule has 1 aliphatic carbocycles. The number of furan rings is 1. The van der Waals surface area contributed by atoms with Gasteiger partial charge in [0.05, 0.1) is 29.5 Å². The number of carbonyl (C=O) groups excluding carboxylic acids is 2. The number of aryl methyl sites for hydroxylation is 1. The first-order chi connectivity index (χ1) is 15.9. The zero-order valence-corrected chi connectivity index (χ0v) is 19.3. The van der Waals surface area contributed by atoms with Gasteiger partial charge in [-0.25, -0.2) is 8.42 Å². The predicted octanol–water partition coefficient (Wildman–Crippen LogP) is 2.75. The van der Waals surface area contributed by atoms with E-state index < -0.39 is 9.84 Å². The van der Waals surface area contributed by atoms with Crippen molar-refractivity contribution in [2.75, 3.05) is 12.3 Å². The van der Waals surface area contributed by atoms with E-state index in [9.17, 15) is 18.0 Å². The molecular formula is C24H29N3O5S. The van der Waals surface area contributed by atoms with Gasteiger partial charge in [0.15, 0.2) is 9.84 Å². The fraction of sp³-hybridized carbons (Fsp3) is 0.458. The molecular weight excluding hydrogens is 442 g/mol. The quantitative estimate of drug-likeness (QED) is 0.513. The number of nitrogens with zero attached hydrogens (tertiary/aromatic N) is 1. The summed E-state index contributed by atoms with van der Waals surface area (Å²) in [6.07, 6.45) is 5.42. The van der Waals surface area contributed by atoms with Gasteiger partial charge in [0.1, 0.15) is 12.3 Å². The molecule has 3 rings (SSSR count). The summed E-state index contributed by atoms with van der Waals surface area (Å²) in [4.78, 5) is 24.6. The summed E-state index contributed by atoms with van der Waals surface area (Å²) < 4.78 is 31.2. The first-order valence-electron chi connectivity index (χ1n) is 11.1. The average Bonchev–Trinajstić information content (AvgIpc) is 3.34. The molecule has 176 valence electrons. The van der Waals surface area contributed by atoms with Crippen LogP contribution in [0.2, 0.25) is 0 Å². The van der Waals surface area contributed by atoms with Crippen molar-refractivity contribution in [1.29, 1.82) is 5.26 Å². The van der Waals surface area contributed by atoms with Crippen LogP contribution in [0.1, 0.15) is 43.4 Å². The van der Waals surface area contributed by atoms with Gasteiger partial charge in [-0.3, -0.25) is 9.59 Å². The summed E-state index contributed by atoms with van der Waals surface area (Å²) in [5, 5.41) is 14.0. The maximum Gasteiger partial charge on any atom is 0.224 e. The maximum atomic E-state index is 13.0. The van der Waals surface area contributed by atoms with E-state index >= 15 is 0 Å². The van der Waals surface area contributed by atoms with Crippen LogP contribution in [0, 0.1) is 23.2 Å². The zero-order chi connectivity index (χ0) is 23.7. The highest BCUT2D eigenvalue weighted by molar-refractivity contribution is 7.91. The molecule has 0 saturated heterocycles. The van der Waals surface area contributed by atoms with E-state index in [2.05, 4.69) is 10.6 Å². The Labute approximate surface area is 194 Å². The van der Waals surface area contributed by atoms with Crippen LogP contribution in [0.5, 0.6) is 0 Å². The third-order valence-corrected chi connectivity index (χ3v) is 7.84.